The standard InChI is InChI=1S/C8H11BrO/c1-3-5-8(9,7-10)6-4-2/h3-4,7H,1-2,5-6H2. The Hall–Kier alpha value is -0.370. The highest BCUT2D eigenvalue weighted by Gasteiger charge is 2.21. The first kappa shape index (κ1) is 9.63. The van der Waals surface area contributed by atoms with E-state index < -0.39 is 4.32 Å². The van der Waals surface area contributed by atoms with E-state index in [0.29, 0.717) is 12.8 Å². The summed E-state index contributed by atoms with van der Waals surface area (Å²) in [5.41, 5.74) is 0. The molecule has 0 aliphatic rings. The van der Waals surface area contributed by atoms with E-state index in [1.165, 1.54) is 0 Å². The number of halogens is 1. The van der Waals surface area contributed by atoms with Crippen LogP contribution in [0, 0.1) is 0 Å². The van der Waals surface area contributed by atoms with Crippen molar-refractivity contribution in [3.8, 4) is 0 Å². The summed E-state index contributed by atoms with van der Waals surface area (Å²) in [6.07, 6.45) is 5.60. The quantitative estimate of drug-likeness (QED) is 0.381. The van der Waals surface area contributed by atoms with Crippen molar-refractivity contribution in [1.29, 1.82) is 0 Å². The molecule has 0 radical (unpaired) electrons. The van der Waals surface area contributed by atoms with Gasteiger partial charge in [-0.15, -0.1) is 13.2 Å². The SMILES string of the molecule is C=CCC(Br)(C=O)CC=C. The summed E-state index contributed by atoms with van der Waals surface area (Å²) in [4.78, 5) is 10.5. The third-order valence-electron chi connectivity index (χ3n) is 1.18. The highest BCUT2D eigenvalue weighted by atomic mass is 79.9. The molecule has 0 aromatic rings. The van der Waals surface area contributed by atoms with Crippen LogP contribution in [-0.2, 0) is 4.79 Å². The Kier molecular flexibility index (Phi) is 4.28. The van der Waals surface area contributed by atoms with Gasteiger partial charge in [-0.25, -0.2) is 0 Å². The van der Waals surface area contributed by atoms with Crippen LogP contribution in [-0.4, -0.2) is 10.6 Å². The number of aldehydes is 1. The summed E-state index contributed by atoms with van der Waals surface area (Å²) in [5, 5.41) is 0. The van der Waals surface area contributed by atoms with E-state index in [1.54, 1.807) is 12.2 Å². The zero-order valence-electron chi connectivity index (χ0n) is 5.85. The molecule has 0 rings (SSSR count). The van der Waals surface area contributed by atoms with E-state index >= 15 is 0 Å². The predicted molar refractivity (Wildman–Crippen MR) is 47.4 cm³/mol. The van der Waals surface area contributed by atoms with Crippen molar-refractivity contribution in [2.24, 2.45) is 0 Å². The minimum Gasteiger partial charge on any atom is -0.302 e. The van der Waals surface area contributed by atoms with Crippen LogP contribution < -0.4 is 0 Å². The number of carbonyl (C=O) groups is 1. The lowest BCUT2D eigenvalue weighted by molar-refractivity contribution is -0.109. The Balaban J connectivity index is 4.05. The van der Waals surface area contributed by atoms with Crippen LogP contribution >= 0.6 is 15.9 Å². The van der Waals surface area contributed by atoms with Gasteiger partial charge in [-0.2, -0.15) is 0 Å². The van der Waals surface area contributed by atoms with E-state index in [1.807, 2.05) is 0 Å². The Morgan fingerprint density at radius 3 is 1.90 bits per heavy atom. The highest BCUT2D eigenvalue weighted by molar-refractivity contribution is 9.10. The third-order valence-corrected chi connectivity index (χ3v) is 2.01. The van der Waals surface area contributed by atoms with Gasteiger partial charge in [0.2, 0.25) is 0 Å². The van der Waals surface area contributed by atoms with Crippen molar-refractivity contribution >= 4 is 22.2 Å². The van der Waals surface area contributed by atoms with Crippen LogP contribution in [0.3, 0.4) is 0 Å². The maximum absolute atomic E-state index is 10.5. The van der Waals surface area contributed by atoms with Gasteiger partial charge in [0, 0.05) is 0 Å². The molecule has 0 N–H and O–H groups in total. The molecule has 0 aliphatic carbocycles. The molecule has 10 heavy (non-hydrogen) atoms. The molecule has 0 atom stereocenters. The minimum absolute atomic E-state index is 0.462. The van der Waals surface area contributed by atoms with Gasteiger partial charge in [-0.1, -0.05) is 28.1 Å². The van der Waals surface area contributed by atoms with E-state index in [0.717, 1.165) is 6.29 Å². The van der Waals surface area contributed by atoms with Crippen LogP contribution in [0.1, 0.15) is 12.8 Å². The van der Waals surface area contributed by atoms with Crippen molar-refractivity contribution < 1.29 is 4.79 Å². The summed E-state index contributed by atoms with van der Waals surface area (Å²) < 4.78 is -0.462. The van der Waals surface area contributed by atoms with Crippen LogP contribution in [0.25, 0.3) is 0 Å². The molecule has 0 amide bonds. The van der Waals surface area contributed by atoms with Gasteiger partial charge in [0.05, 0.1) is 4.32 Å². The molecule has 56 valence electrons. The van der Waals surface area contributed by atoms with E-state index in [4.69, 9.17) is 0 Å². The molecule has 1 nitrogen and oxygen atoms in total. The van der Waals surface area contributed by atoms with Crippen LogP contribution in [0.4, 0.5) is 0 Å². The Morgan fingerprint density at radius 1 is 1.30 bits per heavy atom. The van der Waals surface area contributed by atoms with E-state index in [-0.39, 0.29) is 0 Å². The van der Waals surface area contributed by atoms with Crippen molar-refractivity contribution in [1.82, 2.24) is 0 Å². The topological polar surface area (TPSA) is 17.1 Å². The predicted octanol–water partition coefficient (Wildman–Crippen LogP) is 2.47. The molecule has 0 heterocycles. The molecule has 0 aromatic heterocycles. The third kappa shape index (κ3) is 2.97. The Bertz CT molecular complexity index is 130. The second-order valence-electron chi connectivity index (χ2n) is 2.14. The number of hydrogen-bond acceptors (Lipinski definition) is 1. The van der Waals surface area contributed by atoms with Gasteiger partial charge in [-0.05, 0) is 12.8 Å². The van der Waals surface area contributed by atoms with E-state index in [9.17, 15) is 4.79 Å². The molecular formula is C8H11BrO. The number of alkyl halides is 1. The summed E-state index contributed by atoms with van der Waals surface area (Å²) in [7, 11) is 0. The molecule has 0 fully saturated rings. The molecule has 0 spiro atoms. The van der Waals surface area contributed by atoms with Gasteiger partial charge in [0.15, 0.2) is 0 Å². The second-order valence-corrected chi connectivity index (χ2v) is 3.72. The average molecular weight is 203 g/mol. The molecule has 0 aromatic carbocycles. The normalized spacial score (nSPS) is 10.5. The first-order valence-electron chi connectivity index (χ1n) is 3.05. The first-order valence-corrected chi connectivity index (χ1v) is 3.85. The summed E-state index contributed by atoms with van der Waals surface area (Å²) in [5.74, 6) is 0. The maximum Gasteiger partial charge on any atom is 0.137 e. The van der Waals surface area contributed by atoms with Crippen LogP contribution in [0.2, 0.25) is 0 Å². The summed E-state index contributed by atoms with van der Waals surface area (Å²) >= 11 is 3.29. The van der Waals surface area contributed by atoms with Gasteiger partial charge in [-0.3, -0.25) is 0 Å². The molecule has 0 bridgehead atoms. The molecule has 0 aliphatic heterocycles. The Morgan fingerprint density at radius 2 is 1.70 bits per heavy atom. The summed E-state index contributed by atoms with van der Waals surface area (Å²) in [6.45, 7) is 7.11. The van der Waals surface area contributed by atoms with Crippen molar-refractivity contribution in [2.45, 2.75) is 17.2 Å². The molecule has 0 saturated heterocycles. The lowest BCUT2D eigenvalue weighted by atomic mass is 10.0. The smallest absolute Gasteiger partial charge is 0.137 e. The maximum atomic E-state index is 10.5. The second kappa shape index (κ2) is 4.45. The van der Waals surface area contributed by atoms with Gasteiger partial charge in [0.25, 0.3) is 0 Å². The zero-order valence-corrected chi connectivity index (χ0v) is 7.43. The molecule has 0 unspecified atom stereocenters. The summed E-state index contributed by atoms with van der Waals surface area (Å²) in [6, 6.07) is 0. The molecule has 0 saturated carbocycles. The van der Waals surface area contributed by atoms with Crippen molar-refractivity contribution in [3.05, 3.63) is 25.3 Å². The fraction of sp³-hybridized carbons (Fsp3) is 0.375. The van der Waals surface area contributed by atoms with Gasteiger partial charge in [0.1, 0.15) is 6.29 Å². The largest absolute Gasteiger partial charge is 0.302 e. The highest BCUT2D eigenvalue weighted by Crippen LogP contribution is 2.24. The van der Waals surface area contributed by atoms with Gasteiger partial charge < -0.3 is 4.79 Å². The minimum atomic E-state index is -0.462. The Labute approximate surface area is 69.9 Å². The molecule has 2 heteroatoms. The lowest BCUT2D eigenvalue weighted by Gasteiger charge is -2.15. The molecular weight excluding hydrogens is 192 g/mol. The van der Waals surface area contributed by atoms with Crippen molar-refractivity contribution in [3.63, 3.8) is 0 Å². The number of allylic oxidation sites excluding steroid dienone is 2. The number of rotatable bonds is 5. The van der Waals surface area contributed by atoms with Crippen molar-refractivity contribution in [2.75, 3.05) is 0 Å². The zero-order chi connectivity index (χ0) is 8.04. The fourth-order valence-electron chi connectivity index (χ4n) is 0.659. The van der Waals surface area contributed by atoms with E-state index in [2.05, 4.69) is 29.1 Å². The van der Waals surface area contributed by atoms with Crippen LogP contribution in [0.5, 0.6) is 0 Å². The first-order chi connectivity index (χ1) is 4.68. The van der Waals surface area contributed by atoms with Crippen LogP contribution in [0.15, 0.2) is 25.3 Å². The number of hydrogen-bond donors (Lipinski definition) is 0. The lowest BCUT2D eigenvalue weighted by Crippen LogP contribution is -2.20. The monoisotopic (exact) mass is 202 g/mol. The average Bonchev–Trinajstić information content (AvgIpc) is 1.89. The fourth-order valence-corrected chi connectivity index (χ4v) is 1.12. The van der Waals surface area contributed by atoms with Gasteiger partial charge >= 0.3 is 0 Å². The number of carbonyl (C=O) groups excluding carboxylic acids is 1.